The van der Waals surface area contributed by atoms with Crippen LogP contribution >= 0.6 is 0 Å². The number of benzene rings is 1. The zero-order valence-electron chi connectivity index (χ0n) is 13.6. The highest BCUT2D eigenvalue weighted by Crippen LogP contribution is 2.35. The van der Waals surface area contributed by atoms with E-state index in [9.17, 15) is 4.79 Å². The number of carbonyl (C=O) groups excluding carboxylic acids is 1. The van der Waals surface area contributed by atoms with Crippen LogP contribution in [0.1, 0.15) is 40.2 Å². The number of amides is 1. The second-order valence-corrected chi connectivity index (χ2v) is 6.77. The van der Waals surface area contributed by atoms with Gasteiger partial charge in [0, 0.05) is 6.42 Å². The van der Waals surface area contributed by atoms with Crippen molar-refractivity contribution in [2.24, 2.45) is 0 Å². The van der Waals surface area contributed by atoms with Gasteiger partial charge in [-0.25, -0.2) is 4.79 Å². The summed E-state index contributed by atoms with van der Waals surface area (Å²) in [6.45, 7) is 10.2. The molecule has 1 heterocycles. The summed E-state index contributed by atoms with van der Waals surface area (Å²) in [5.74, 6) is 0. The number of hydrogen-bond acceptors (Lipinski definition) is 3. The van der Waals surface area contributed by atoms with Gasteiger partial charge in [-0.2, -0.15) is 0 Å². The lowest BCUT2D eigenvalue weighted by Crippen LogP contribution is -2.53. The first-order valence-electron chi connectivity index (χ1n) is 7.41. The van der Waals surface area contributed by atoms with E-state index in [0.717, 1.165) is 5.56 Å². The molecular formula is C17H25NO3. The van der Waals surface area contributed by atoms with Crippen LogP contribution in [0.4, 0.5) is 4.79 Å². The smallest absolute Gasteiger partial charge is 0.412 e. The van der Waals surface area contributed by atoms with E-state index in [-0.39, 0.29) is 17.7 Å². The van der Waals surface area contributed by atoms with E-state index in [1.807, 2.05) is 65.0 Å². The first kappa shape index (κ1) is 15.8. The molecule has 0 aromatic heterocycles. The lowest BCUT2D eigenvalue weighted by Gasteiger charge is -2.37. The van der Waals surface area contributed by atoms with Crippen molar-refractivity contribution in [1.82, 2.24) is 4.90 Å². The maximum absolute atomic E-state index is 12.5. The standard InChI is InChI=1S/C17H25NO3/c1-13(11-14-9-7-6-8-10-14)21-15(19)18-16(2,3)12-20-17(18,4)5/h6-10,13H,11-12H2,1-5H3. The van der Waals surface area contributed by atoms with Gasteiger partial charge in [-0.15, -0.1) is 0 Å². The Morgan fingerprint density at radius 1 is 1.29 bits per heavy atom. The van der Waals surface area contributed by atoms with Crippen LogP contribution < -0.4 is 0 Å². The Balaban J connectivity index is 2.00. The average Bonchev–Trinajstić information content (AvgIpc) is 2.59. The maximum Gasteiger partial charge on any atom is 0.412 e. The predicted molar refractivity (Wildman–Crippen MR) is 82.0 cm³/mol. The molecule has 0 N–H and O–H groups in total. The largest absolute Gasteiger partial charge is 0.446 e. The summed E-state index contributed by atoms with van der Waals surface area (Å²) < 4.78 is 11.3. The van der Waals surface area contributed by atoms with Crippen molar-refractivity contribution in [1.29, 1.82) is 0 Å². The molecule has 1 atom stereocenters. The van der Waals surface area contributed by atoms with Crippen LogP contribution in [0.25, 0.3) is 0 Å². The van der Waals surface area contributed by atoms with E-state index in [1.165, 1.54) is 0 Å². The van der Waals surface area contributed by atoms with Crippen LogP contribution in [-0.2, 0) is 15.9 Å². The van der Waals surface area contributed by atoms with E-state index in [1.54, 1.807) is 4.90 Å². The third-order valence-corrected chi connectivity index (χ3v) is 3.77. The molecule has 1 amide bonds. The zero-order valence-corrected chi connectivity index (χ0v) is 13.6. The van der Waals surface area contributed by atoms with Crippen molar-refractivity contribution >= 4 is 6.09 Å². The van der Waals surface area contributed by atoms with Gasteiger partial charge >= 0.3 is 6.09 Å². The highest BCUT2D eigenvalue weighted by Gasteiger charge is 2.49. The Morgan fingerprint density at radius 2 is 1.90 bits per heavy atom. The van der Waals surface area contributed by atoms with E-state index in [4.69, 9.17) is 9.47 Å². The van der Waals surface area contributed by atoms with E-state index in [2.05, 4.69) is 0 Å². The second-order valence-electron chi connectivity index (χ2n) is 6.77. The Hall–Kier alpha value is -1.55. The quantitative estimate of drug-likeness (QED) is 0.854. The molecule has 1 aliphatic rings. The van der Waals surface area contributed by atoms with Gasteiger partial charge in [-0.05, 0) is 40.2 Å². The molecular weight excluding hydrogens is 266 g/mol. The molecule has 116 valence electrons. The Morgan fingerprint density at radius 3 is 2.43 bits per heavy atom. The van der Waals surface area contributed by atoms with E-state index >= 15 is 0 Å². The first-order valence-corrected chi connectivity index (χ1v) is 7.41. The summed E-state index contributed by atoms with van der Waals surface area (Å²) in [5, 5.41) is 0. The van der Waals surface area contributed by atoms with Crippen LogP contribution in [0.2, 0.25) is 0 Å². The highest BCUT2D eigenvalue weighted by atomic mass is 16.6. The summed E-state index contributed by atoms with van der Waals surface area (Å²) in [6.07, 6.45) is 0.223. The number of hydrogen-bond donors (Lipinski definition) is 0. The number of ether oxygens (including phenoxy) is 2. The topological polar surface area (TPSA) is 38.8 Å². The number of carbonyl (C=O) groups is 1. The van der Waals surface area contributed by atoms with Crippen molar-refractivity contribution < 1.29 is 14.3 Å². The third-order valence-electron chi connectivity index (χ3n) is 3.77. The van der Waals surface area contributed by atoms with Gasteiger partial charge in [-0.3, -0.25) is 4.90 Å². The Kier molecular flexibility index (Phi) is 4.28. The minimum Gasteiger partial charge on any atom is -0.446 e. The summed E-state index contributed by atoms with van der Waals surface area (Å²) in [4.78, 5) is 14.2. The first-order chi connectivity index (χ1) is 9.72. The lowest BCUT2D eigenvalue weighted by molar-refractivity contribution is -0.0570. The fourth-order valence-electron chi connectivity index (χ4n) is 2.89. The van der Waals surface area contributed by atoms with Crippen molar-refractivity contribution in [3.8, 4) is 0 Å². The molecule has 0 saturated carbocycles. The van der Waals surface area contributed by atoms with Crippen LogP contribution in [0.15, 0.2) is 30.3 Å². The molecule has 0 spiro atoms. The summed E-state index contributed by atoms with van der Waals surface area (Å²) in [5.41, 5.74) is 0.175. The fourth-order valence-corrected chi connectivity index (χ4v) is 2.89. The van der Waals surface area contributed by atoms with E-state index < -0.39 is 5.72 Å². The molecule has 0 aliphatic carbocycles. The SMILES string of the molecule is CC(Cc1ccccc1)OC(=O)N1C(C)(C)COC1(C)C. The van der Waals surface area contributed by atoms with Crippen LogP contribution in [0.3, 0.4) is 0 Å². The second kappa shape index (κ2) is 5.68. The third kappa shape index (κ3) is 3.56. The highest BCUT2D eigenvalue weighted by molar-refractivity contribution is 5.70. The van der Waals surface area contributed by atoms with Gasteiger partial charge in [0.05, 0.1) is 12.1 Å². The molecule has 4 nitrogen and oxygen atoms in total. The van der Waals surface area contributed by atoms with Crippen LogP contribution in [0, 0.1) is 0 Å². The Bertz CT molecular complexity index is 480. The maximum atomic E-state index is 12.5. The number of rotatable bonds is 3. The molecule has 1 saturated heterocycles. The van der Waals surface area contributed by atoms with Gasteiger partial charge in [0.1, 0.15) is 11.8 Å². The molecule has 4 heteroatoms. The van der Waals surface area contributed by atoms with Crippen LogP contribution in [-0.4, -0.2) is 35.0 Å². The average molecular weight is 291 g/mol. The number of nitrogens with zero attached hydrogens (tertiary/aromatic N) is 1. The molecule has 0 bridgehead atoms. The Labute approximate surface area is 127 Å². The van der Waals surface area contributed by atoms with E-state index in [0.29, 0.717) is 13.0 Å². The molecule has 1 unspecified atom stereocenters. The molecule has 1 aromatic rings. The lowest BCUT2D eigenvalue weighted by atomic mass is 10.0. The fraction of sp³-hybridized carbons (Fsp3) is 0.588. The summed E-state index contributed by atoms with van der Waals surface area (Å²) in [6, 6.07) is 10.0. The minimum absolute atomic E-state index is 0.174. The van der Waals surface area contributed by atoms with Gasteiger partial charge in [-0.1, -0.05) is 30.3 Å². The zero-order chi connectivity index (χ0) is 15.7. The predicted octanol–water partition coefficient (Wildman–Crippen LogP) is 3.60. The summed E-state index contributed by atoms with van der Waals surface area (Å²) >= 11 is 0. The van der Waals surface area contributed by atoms with Crippen LogP contribution in [0.5, 0.6) is 0 Å². The molecule has 2 rings (SSSR count). The molecule has 0 radical (unpaired) electrons. The summed E-state index contributed by atoms with van der Waals surface area (Å²) in [7, 11) is 0. The molecule has 21 heavy (non-hydrogen) atoms. The molecule has 1 aromatic carbocycles. The normalized spacial score (nSPS) is 21.1. The van der Waals surface area contributed by atoms with Crippen molar-refractivity contribution in [3.63, 3.8) is 0 Å². The monoisotopic (exact) mass is 291 g/mol. The van der Waals surface area contributed by atoms with Crippen molar-refractivity contribution in [3.05, 3.63) is 35.9 Å². The minimum atomic E-state index is -0.632. The molecule has 1 aliphatic heterocycles. The van der Waals surface area contributed by atoms with Crippen molar-refractivity contribution in [2.75, 3.05) is 6.61 Å². The molecule has 1 fully saturated rings. The van der Waals surface area contributed by atoms with Gasteiger partial charge in [0.25, 0.3) is 0 Å². The van der Waals surface area contributed by atoms with Gasteiger partial charge in [0.15, 0.2) is 0 Å². The van der Waals surface area contributed by atoms with Crippen molar-refractivity contribution in [2.45, 2.75) is 58.4 Å². The van der Waals surface area contributed by atoms with Gasteiger partial charge in [0.2, 0.25) is 0 Å². The van der Waals surface area contributed by atoms with Gasteiger partial charge < -0.3 is 9.47 Å².